The predicted molar refractivity (Wildman–Crippen MR) is 79.3 cm³/mol. The summed E-state index contributed by atoms with van der Waals surface area (Å²) in [5.41, 5.74) is 6.19. The van der Waals surface area contributed by atoms with Gasteiger partial charge in [0, 0.05) is 31.6 Å². The van der Waals surface area contributed by atoms with Gasteiger partial charge in [0.1, 0.15) is 10.7 Å². The molecule has 1 atom stereocenters. The van der Waals surface area contributed by atoms with Gasteiger partial charge in [0.05, 0.1) is 12.6 Å². The van der Waals surface area contributed by atoms with Crippen molar-refractivity contribution in [2.24, 2.45) is 5.73 Å². The molecule has 1 unspecified atom stereocenters. The van der Waals surface area contributed by atoms with E-state index >= 15 is 0 Å². The Morgan fingerprint density at radius 1 is 1.43 bits per heavy atom. The molecule has 0 spiro atoms. The molecule has 2 heterocycles. The molecule has 1 aliphatic rings. The highest BCUT2D eigenvalue weighted by molar-refractivity contribution is 7.09. The van der Waals surface area contributed by atoms with E-state index in [0.717, 1.165) is 11.4 Å². The minimum Gasteiger partial charge on any atom is -0.480 e. The quantitative estimate of drug-likeness (QED) is 0.834. The van der Waals surface area contributed by atoms with Crippen molar-refractivity contribution in [1.82, 2.24) is 14.8 Å². The minimum absolute atomic E-state index is 0.0214. The third-order valence-corrected chi connectivity index (χ3v) is 4.41. The molecule has 21 heavy (non-hydrogen) atoms. The normalized spacial score (nSPS) is 18.3. The Kier molecular flexibility index (Phi) is 5.27. The standard InChI is InChI=1S/C13H20N4O3S/c1-9(14)12-15-10(8-21-12)13(20)17-4-2-3-16(5-6-17)7-11(18)19/h8-9H,2-7,14H2,1H3,(H,18,19). The van der Waals surface area contributed by atoms with Crippen LogP contribution < -0.4 is 5.73 Å². The number of carbonyl (C=O) groups excluding carboxylic acids is 1. The maximum absolute atomic E-state index is 12.4. The van der Waals surface area contributed by atoms with Gasteiger partial charge in [-0.05, 0) is 13.3 Å². The van der Waals surface area contributed by atoms with Crippen LogP contribution in [0.1, 0.15) is 34.9 Å². The van der Waals surface area contributed by atoms with Crippen LogP contribution >= 0.6 is 11.3 Å². The number of carboxylic acids is 1. The summed E-state index contributed by atoms with van der Waals surface area (Å²) in [4.78, 5) is 31.0. The third kappa shape index (κ3) is 4.23. The van der Waals surface area contributed by atoms with Crippen molar-refractivity contribution < 1.29 is 14.7 Å². The number of aliphatic carboxylic acids is 1. The second kappa shape index (κ2) is 6.97. The fourth-order valence-electron chi connectivity index (χ4n) is 2.28. The van der Waals surface area contributed by atoms with Crippen molar-refractivity contribution in [2.75, 3.05) is 32.7 Å². The van der Waals surface area contributed by atoms with Gasteiger partial charge in [0.15, 0.2) is 0 Å². The van der Waals surface area contributed by atoms with E-state index in [4.69, 9.17) is 10.8 Å². The summed E-state index contributed by atoms with van der Waals surface area (Å²) < 4.78 is 0. The summed E-state index contributed by atoms with van der Waals surface area (Å²) in [6, 6.07) is -0.174. The number of thiazole rings is 1. The van der Waals surface area contributed by atoms with Gasteiger partial charge in [-0.1, -0.05) is 0 Å². The van der Waals surface area contributed by atoms with E-state index < -0.39 is 5.97 Å². The first kappa shape index (κ1) is 15.9. The summed E-state index contributed by atoms with van der Waals surface area (Å²) in [5, 5.41) is 11.3. The van der Waals surface area contributed by atoms with E-state index in [-0.39, 0.29) is 18.5 Å². The highest BCUT2D eigenvalue weighted by Crippen LogP contribution is 2.17. The van der Waals surface area contributed by atoms with Crippen LogP contribution in [0.2, 0.25) is 0 Å². The smallest absolute Gasteiger partial charge is 0.317 e. The van der Waals surface area contributed by atoms with E-state index in [0.29, 0.717) is 31.9 Å². The van der Waals surface area contributed by atoms with Gasteiger partial charge < -0.3 is 15.7 Å². The Morgan fingerprint density at radius 2 is 2.19 bits per heavy atom. The molecule has 1 aliphatic heterocycles. The summed E-state index contributed by atoms with van der Waals surface area (Å²) in [5.74, 6) is -0.939. The number of rotatable bonds is 4. The first-order valence-corrected chi connectivity index (χ1v) is 7.79. The molecule has 0 bridgehead atoms. The second-order valence-corrected chi connectivity index (χ2v) is 6.06. The topological polar surface area (TPSA) is 99.8 Å². The summed E-state index contributed by atoms with van der Waals surface area (Å²) in [6.07, 6.45) is 0.767. The van der Waals surface area contributed by atoms with Crippen molar-refractivity contribution in [1.29, 1.82) is 0 Å². The molecule has 1 saturated heterocycles. The van der Waals surface area contributed by atoms with Gasteiger partial charge in [-0.2, -0.15) is 0 Å². The van der Waals surface area contributed by atoms with E-state index in [9.17, 15) is 9.59 Å². The van der Waals surface area contributed by atoms with Crippen molar-refractivity contribution >= 4 is 23.2 Å². The number of hydrogen-bond acceptors (Lipinski definition) is 6. The average molecular weight is 312 g/mol. The molecule has 0 aromatic carbocycles. The predicted octanol–water partition coefficient (Wildman–Crippen LogP) is 0.395. The monoisotopic (exact) mass is 312 g/mol. The zero-order valence-electron chi connectivity index (χ0n) is 12.0. The van der Waals surface area contributed by atoms with Crippen molar-refractivity contribution in [2.45, 2.75) is 19.4 Å². The van der Waals surface area contributed by atoms with Gasteiger partial charge in [0.2, 0.25) is 0 Å². The fraction of sp³-hybridized carbons (Fsp3) is 0.615. The van der Waals surface area contributed by atoms with Crippen LogP contribution in [0.4, 0.5) is 0 Å². The lowest BCUT2D eigenvalue weighted by molar-refractivity contribution is -0.138. The van der Waals surface area contributed by atoms with E-state index in [1.165, 1.54) is 11.3 Å². The van der Waals surface area contributed by atoms with Crippen LogP contribution in [0.25, 0.3) is 0 Å². The second-order valence-electron chi connectivity index (χ2n) is 5.18. The lowest BCUT2D eigenvalue weighted by Crippen LogP contribution is -2.36. The van der Waals surface area contributed by atoms with Gasteiger partial charge in [-0.3, -0.25) is 14.5 Å². The Hall–Kier alpha value is -1.51. The third-order valence-electron chi connectivity index (χ3n) is 3.37. The summed E-state index contributed by atoms with van der Waals surface area (Å²) >= 11 is 1.39. The Morgan fingerprint density at radius 3 is 2.81 bits per heavy atom. The zero-order chi connectivity index (χ0) is 15.4. The van der Waals surface area contributed by atoms with Crippen LogP contribution in [0, 0.1) is 0 Å². The van der Waals surface area contributed by atoms with Crippen LogP contribution in [-0.4, -0.2) is 64.5 Å². The largest absolute Gasteiger partial charge is 0.480 e. The van der Waals surface area contributed by atoms with Crippen molar-refractivity contribution in [3.63, 3.8) is 0 Å². The van der Waals surface area contributed by atoms with Crippen LogP contribution in [0.15, 0.2) is 5.38 Å². The molecule has 1 aromatic heterocycles. The Bertz CT molecular complexity index is 517. The first-order chi connectivity index (χ1) is 9.97. The molecule has 0 aliphatic carbocycles. The molecule has 0 saturated carbocycles. The highest BCUT2D eigenvalue weighted by atomic mass is 32.1. The van der Waals surface area contributed by atoms with Gasteiger partial charge >= 0.3 is 5.97 Å². The molecule has 0 radical (unpaired) electrons. The minimum atomic E-state index is -0.837. The number of nitrogens with zero attached hydrogens (tertiary/aromatic N) is 3. The Balaban J connectivity index is 1.97. The number of carbonyl (C=O) groups is 2. The van der Waals surface area contributed by atoms with Crippen molar-refractivity contribution in [3.05, 3.63) is 16.1 Å². The number of amides is 1. The highest BCUT2D eigenvalue weighted by Gasteiger charge is 2.23. The van der Waals surface area contributed by atoms with Gasteiger partial charge in [-0.15, -0.1) is 11.3 Å². The maximum atomic E-state index is 12.4. The van der Waals surface area contributed by atoms with E-state index in [2.05, 4.69) is 4.98 Å². The van der Waals surface area contributed by atoms with Crippen LogP contribution in [0.5, 0.6) is 0 Å². The molecule has 1 aromatic rings. The maximum Gasteiger partial charge on any atom is 0.317 e. The fourth-order valence-corrected chi connectivity index (χ4v) is 3.03. The number of nitrogens with two attached hydrogens (primary N) is 1. The number of aromatic nitrogens is 1. The van der Waals surface area contributed by atoms with Crippen LogP contribution in [0.3, 0.4) is 0 Å². The molecule has 1 amide bonds. The molecule has 116 valence electrons. The van der Waals surface area contributed by atoms with Gasteiger partial charge in [0.25, 0.3) is 5.91 Å². The molecular weight excluding hydrogens is 292 g/mol. The van der Waals surface area contributed by atoms with E-state index in [1.54, 1.807) is 10.3 Å². The SMILES string of the molecule is CC(N)c1nc(C(=O)N2CCCN(CC(=O)O)CC2)cs1. The zero-order valence-corrected chi connectivity index (χ0v) is 12.8. The van der Waals surface area contributed by atoms with Gasteiger partial charge in [-0.25, -0.2) is 4.98 Å². The van der Waals surface area contributed by atoms with Crippen LogP contribution in [-0.2, 0) is 4.79 Å². The molecule has 3 N–H and O–H groups in total. The number of hydrogen-bond donors (Lipinski definition) is 2. The molecular formula is C13H20N4O3S. The summed E-state index contributed by atoms with van der Waals surface area (Å²) in [6.45, 7) is 4.27. The summed E-state index contributed by atoms with van der Waals surface area (Å²) in [7, 11) is 0. The lowest BCUT2D eigenvalue weighted by Gasteiger charge is -2.20. The number of carboxylic acid groups (broad SMARTS) is 1. The molecule has 7 nitrogen and oxygen atoms in total. The van der Waals surface area contributed by atoms with E-state index in [1.807, 2.05) is 11.8 Å². The molecule has 2 rings (SSSR count). The molecule has 8 heteroatoms. The first-order valence-electron chi connectivity index (χ1n) is 6.92. The lowest BCUT2D eigenvalue weighted by atomic mass is 10.3. The average Bonchev–Trinajstić information content (AvgIpc) is 2.80. The van der Waals surface area contributed by atoms with Crippen molar-refractivity contribution in [3.8, 4) is 0 Å². The Labute approximate surface area is 127 Å². The molecule has 1 fully saturated rings.